The van der Waals surface area contributed by atoms with Crippen molar-refractivity contribution in [2.45, 2.75) is 45.1 Å². The first kappa shape index (κ1) is 19.9. The number of nitrogens with one attached hydrogen (secondary N) is 2. The summed E-state index contributed by atoms with van der Waals surface area (Å²) in [6, 6.07) is 5.87. The number of anilines is 2. The summed E-state index contributed by atoms with van der Waals surface area (Å²) in [5, 5.41) is 12.9. The highest BCUT2D eigenvalue weighted by atomic mass is 32.1. The van der Waals surface area contributed by atoms with Crippen molar-refractivity contribution >= 4 is 44.4 Å². The van der Waals surface area contributed by atoms with E-state index in [1.54, 1.807) is 4.90 Å². The molecule has 5 rings (SSSR count). The van der Waals surface area contributed by atoms with E-state index >= 15 is 0 Å². The molecule has 2 fully saturated rings. The highest BCUT2D eigenvalue weighted by Crippen LogP contribution is 2.33. The van der Waals surface area contributed by atoms with Crippen molar-refractivity contribution in [3.63, 3.8) is 0 Å². The zero-order valence-electron chi connectivity index (χ0n) is 17.4. The fourth-order valence-corrected chi connectivity index (χ4v) is 5.23. The molecule has 10 heteroatoms. The molecule has 2 N–H and O–H groups in total. The van der Waals surface area contributed by atoms with Gasteiger partial charge in [0.2, 0.25) is 22.1 Å². The Morgan fingerprint density at radius 3 is 2.97 bits per heavy atom. The largest absolute Gasteiger partial charge is 0.354 e. The standard InChI is InChI=1S/C21H25N7O2S/c1-13-6-7-14-15(12-13)24-17(23-14)8-9-22-19(30)16-4-2-10-27(16)20-25-26-21(31-20)28-11-3-5-18(28)29/h6-7,12,16H,2-5,8-11H2,1H3,(H,22,30)(H,23,24)/t16-/m1/s1. The smallest absolute Gasteiger partial charge is 0.242 e. The van der Waals surface area contributed by atoms with Crippen LogP contribution in [0.4, 0.5) is 10.3 Å². The quantitative estimate of drug-likeness (QED) is 0.610. The van der Waals surface area contributed by atoms with Gasteiger partial charge in [-0.1, -0.05) is 17.4 Å². The lowest BCUT2D eigenvalue weighted by molar-refractivity contribution is -0.122. The van der Waals surface area contributed by atoms with Crippen molar-refractivity contribution in [1.29, 1.82) is 0 Å². The molecule has 2 amide bonds. The molecule has 2 aliphatic heterocycles. The van der Waals surface area contributed by atoms with E-state index in [1.807, 2.05) is 17.0 Å². The molecule has 162 valence electrons. The van der Waals surface area contributed by atoms with Crippen LogP contribution in [0.1, 0.15) is 37.1 Å². The molecule has 31 heavy (non-hydrogen) atoms. The minimum absolute atomic E-state index is 0.00143. The van der Waals surface area contributed by atoms with Gasteiger partial charge < -0.3 is 15.2 Å². The van der Waals surface area contributed by atoms with E-state index in [0.717, 1.165) is 42.7 Å². The number of aromatic amines is 1. The third-order valence-electron chi connectivity index (χ3n) is 5.86. The van der Waals surface area contributed by atoms with Gasteiger partial charge in [0.25, 0.3) is 0 Å². The number of amides is 2. The van der Waals surface area contributed by atoms with Crippen molar-refractivity contribution < 1.29 is 9.59 Å². The van der Waals surface area contributed by atoms with E-state index in [0.29, 0.717) is 36.2 Å². The summed E-state index contributed by atoms with van der Waals surface area (Å²) in [6.45, 7) is 4.03. The third-order valence-corrected chi connectivity index (χ3v) is 6.84. The third kappa shape index (κ3) is 3.99. The number of hydrogen-bond donors (Lipinski definition) is 2. The molecule has 0 aliphatic carbocycles. The second-order valence-corrected chi connectivity index (χ2v) is 9.05. The normalized spacial score (nSPS) is 19.0. The molecule has 0 saturated carbocycles. The fraction of sp³-hybridized carbons (Fsp3) is 0.476. The predicted octanol–water partition coefficient (Wildman–Crippen LogP) is 2.18. The second kappa shape index (κ2) is 8.26. The van der Waals surface area contributed by atoms with Crippen LogP contribution in [0.25, 0.3) is 11.0 Å². The molecule has 2 aliphatic rings. The summed E-state index contributed by atoms with van der Waals surface area (Å²) in [5.74, 6) is 0.964. The Bertz CT molecular complexity index is 1120. The number of aromatic nitrogens is 4. The van der Waals surface area contributed by atoms with Gasteiger partial charge in [0, 0.05) is 32.5 Å². The summed E-state index contributed by atoms with van der Waals surface area (Å²) < 4.78 is 0. The highest BCUT2D eigenvalue weighted by Gasteiger charge is 2.34. The second-order valence-electron chi connectivity index (χ2n) is 8.11. The maximum Gasteiger partial charge on any atom is 0.242 e. The Morgan fingerprint density at radius 2 is 2.13 bits per heavy atom. The number of fused-ring (bicyclic) bond motifs is 1. The van der Waals surface area contributed by atoms with Gasteiger partial charge in [0.15, 0.2) is 0 Å². The average molecular weight is 440 g/mol. The minimum atomic E-state index is -0.256. The Hall–Kier alpha value is -3.01. The van der Waals surface area contributed by atoms with Gasteiger partial charge >= 0.3 is 0 Å². The molecule has 2 saturated heterocycles. The topological polar surface area (TPSA) is 107 Å². The zero-order valence-corrected chi connectivity index (χ0v) is 18.2. The van der Waals surface area contributed by atoms with E-state index in [4.69, 9.17) is 0 Å². The Balaban J connectivity index is 1.19. The molecular weight excluding hydrogens is 414 g/mol. The maximum absolute atomic E-state index is 12.9. The highest BCUT2D eigenvalue weighted by molar-refractivity contribution is 7.19. The van der Waals surface area contributed by atoms with Gasteiger partial charge in [-0.15, -0.1) is 10.2 Å². The van der Waals surface area contributed by atoms with Crippen molar-refractivity contribution in [3.8, 4) is 0 Å². The summed E-state index contributed by atoms with van der Waals surface area (Å²) in [7, 11) is 0. The van der Waals surface area contributed by atoms with Crippen LogP contribution in [0.5, 0.6) is 0 Å². The molecule has 1 aromatic carbocycles. The van der Waals surface area contributed by atoms with Crippen LogP contribution in [-0.2, 0) is 16.0 Å². The molecule has 2 aromatic heterocycles. The number of benzene rings is 1. The number of carbonyl (C=O) groups is 2. The van der Waals surface area contributed by atoms with E-state index in [9.17, 15) is 9.59 Å². The lowest BCUT2D eigenvalue weighted by Crippen LogP contribution is -2.44. The lowest BCUT2D eigenvalue weighted by Gasteiger charge is -2.22. The molecule has 4 heterocycles. The number of H-pyrrole nitrogens is 1. The maximum atomic E-state index is 12.9. The summed E-state index contributed by atoms with van der Waals surface area (Å²) in [6.07, 6.45) is 3.78. The average Bonchev–Trinajstić information content (AvgIpc) is 3.53. The molecule has 0 bridgehead atoms. The number of carbonyl (C=O) groups excluding carboxylic acids is 2. The van der Waals surface area contributed by atoms with Crippen LogP contribution >= 0.6 is 11.3 Å². The Kier molecular flexibility index (Phi) is 5.31. The first-order valence-electron chi connectivity index (χ1n) is 10.7. The number of rotatable bonds is 6. The van der Waals surface area contributed by atoms with Crippen molar-refractivity contribution in [2.24, 2.45) is 0 Å². The molecule has 1 atom stereocenters. The predicted molar refractivity (Wildman–Crippen MR) is 119 cm³/mol. The number of aryl methyl sites for hydroxylation is 1. The monoisotopic (exact) mass is 439 g/mol. The minimum Gasteiger partial charge on any atom is -0.354 e. The van der Waals surface area contributed by atoms with E-state index in [-0.39, 0.29) is 17.9 Å². The molecule has 9 nitrogen and oxygen atoms in total. The number of nitrogens with zero attached hydrogens (tertiary/aromatic N) is 5. The first-order chi connectivity index (χ1) is 15.1. The molecule has 0 unspecified atom stereocenters. The van der Waals surface area contributed by atoms with E-state index < -0.39 is 0 Å². The van der Waals surface area contributed by atoms with Crippen LogP contribution in [0.15, 0.2) is 18.2 Å². The molecule has 0 spiro atoms. The van der Waals surface area contributed by atoms with Crippen LogP contribution in [0.3, 0.4) is 0 Å². The van der Waals surface area contributed by atoms with Crippen molar-refractivity contribution in [2.75, 3.05) is 29.4 Å². The van der Waals surface area contributed by atoms with E-state index in [2.05, 4.69) is 38.5 Å². The summed E-state index contributed by atoms with van der Waals surface area (Å²) >= 11 is 1.39. The van der Waals surface area contributed by atoms with Crippen LogP contribution in [-0.4, -0.2) is 57.7 Å². The Labute approximate surface area is 183 Å². The molecule has 0 radical (unpaired) electrons. The SMILES string of the molecule is Cc1ccc2nc(CCNC(=O)[C@H]3CCCN3c3nnc(N4CCCC4=O)s3)[nH]c2c1. The Morgan fingerprint density at radius 1 is 1.26 bits per heavy atom. The van der Waals surface area contributed by atoms with Gasteiger partial charge in [-0.3, -0.25) is 14.5 Å². The number of imidazole rings is 1. The van der Waals surface area contributed by atoms with E-state index in [1.165, 1.54) is 16.9 Å². The van der Waals surface area contributed by atoms with Gasteiger partial charge in [-0.2, -0.15) is 0 Å². The van der Waals surface area contributed by atoms with Gasteiger partial charge in [-0.25, -0.2) is 4.98 Å². The van der Waals surface area contributed by atoms with Gasteiger partial charge in [-0.05, 0) is 43.9 Å². The molecular formula is C21H25N7O2S. The zero-order chi connectivity index (χ0) is 21.4. The van der Waals surface area contributed by atoms with Gasteiger partial charge in [0.1, 0.15) is 11.9 Å². The number of hydrogen-bond acceptors (Lipinski definition) is 7. The van der Waals surface area contributed by atoms with Crippen LogP contribution < -0.4 is 15.1 Å². The van der Waals surface area contributed by atoms with Crippen LogP contribution in [0, 0.1) is 6.92 Å². The van der Waals surface area contributed by atoms with Crippen molar-refractivity contribution in [1.82, 2.24) is 25.5 Å². The van der Waals surface area contributed by atoms with Crippen LogP contribution in [0.2, 0.25) is 0 Å². The summed E-state index contributed by atoms with van der Waals surface area (Å²) in [5.41, 5.74) is 3.15. The van der Waals surface area contributed by atoms with Gasteiger partial charge in [0.05, 0.1) is 11.0 Å². The molecule has 3 aromatic rings. The summed E-state index contributed by atoms with van der Waals surface area (Å²) in [4.78, 5) is 36.5. The lowest BCUT2D eigenvalue weighted by atomic mass is 10.2. The fourth-order valence-electron chi connectivity index (χ4n) is 4.27. The van der Waals surface area contributed by atoms with Crippen molar-refractivity contribution in [3.05, 3.63) is 29.6 Å². The first-order valence-corrected chi connectivity index (χ1v) is 11.5.